The highest BCUT2D eigenvalue weighted by Gasteiger charge is 2.46. The van der Waals surface area contributed by atoms with Crippen LogP contribution in [0.15, 0.2) is 48.0 Å². The van der Waals surface area contributed by atoms with E-state index >= 15 is 0 Å². The molecule has 1 N–H and O–H groups in total. The molecule has 204 valence electrons. The predicted molar refractivity (Wildman–Crippen MR) is 143 cm³/mol. The lowest BCUT2D eigenvalue weighted by Gasteiger charge is -2.31. The summed E-state index contributed by atoms with van der Waals surface area (Å²) in [5, 5.41) is 11.3. The number of nitrogens with zero attached hydrogens (tertiary/aromatic N) is 2. The second kappa shape index (κ2) is 12.8. The Labute approximate surface area is 223 Å². The number of methoxy groups -OCH3 is 1. The number of ether oxygens (including phenoxy) is 4. The summed E-state index contributed by atoms with van der Waals surface area (Å²) in [5.41, 5.74) is 1.13. The molecule has 38 heavy (non-hydrogen) atoms. The Morgan fingerprint density at radius 3 is 2.39 bits per heavy atom. The number of aliphatic hydroxyl groups excluding tert-OH is 1. The number of aliphatic hydroxyl groups is 1. The Hall–Kier alpha value is -3.56. The van der Waals surface area contributed by atoms with Crippen LogP contribution in [0.25, 0.3) is 5.76 Å². The van der Waals surface area contributed by atoms with Crippen molar-refractivity contribution in [2.75, 3.05) is 59.7 Å². The number of hydrogen-bond donors (Lipinski definition) is 1. The topological polar surface area (TPSA) is 97.8 Å². The van der Waals surface area contributed by atoms with Crippen LogP contribution in [0, 0.1) is 0 Å². The van der Waals surface area contributed by atoms with Gasteiger partial charge in [0.2, 0.25) is 0 Å². The molecule has 2 aromatic rings. The summed E-state index contributed by atoms with van der Waals surface area (Å²) in [5.74, 6) is 0.148. The van der Waals surface area contributed by atoms with E-state index in [0.29, 0.717) is 67.9 Å². The van der Waals surface area contributed by atoms with E-state index in [4.69, 9.17) is 18.9 Å². The molecule has 0 radical (unpaired) electrons. The molecule has 0 unspecified atom stereocenters. The van der Waals surface area contributed by atoms with Crippen LogP contribution in [-0.2, 0) is 14.3 Å². The Morgan fingerprint density at radius 2 is 1.74 bits per heavy atom. The van der Waals surface area contributed by atoms with Gasteiger partial charge in [0.05, 0.1) is 45.2 Å². The molecule has 0 spiro atoms. The second-order valence-corrected chi connectivity index (χ2v) is 9.16. The highest BCUT2D eigenvalue weighted by molar-refractivity contribution is 6.46. The highest BCUT2D eigenvalue weighted by atomic mass is 16.5. The standard InChI is InChI=1S/C29H36N2O7/c1-4-16-38-23-11-8-21(19-24(23)35-3)26-25(27(32)20-6-9-22(10-7-20)37-5-2)28(33)29(34)31(26)13-12-30-14-17-36-18-15-30/h6-11,19,26,32H,4-5,12-18H2,1-3H3/b27-25+/t26-/m0/s1. The summed E-state index contributed by atoms with van der Waals surface area (Å²) < 4.78 is 22.3. The van der Waals surface area contributed by atoms with Crippen LogP contribution in [0.3, 0.4) is 0 Å². The Balaban J connectivity index is 1.74. The molecule has 2 fully saturated rings. The van der Waals surface area contributed by atoms with Crippen molar-refractivity contribution in [2.24, 2.45) is 0 Å². The van der Waals surface area contributed by atoms with Gasteiger partial charge >= 0.3 is 0 Å². The largest absolute Gasteiger partial charge is 0.507 e. The summed E-state index contributed by atoms with van der Waals surface area (Å²) in [7, 11) is 1.55. The van der Waals surface area contributed by atoms with Crippen LogP contribution >= 0.6 is 0 Å². The fourth-order valence-electron chi connectivity index (χ4n) is 4.75. The number of likely N-dealkylation sites (tertiary alicyclic amines) is 1. The number of amides is 1. The van der Waals surface area contributed by atoms with Crippen molar-refractivity contribution in [2.45, 2.75) is 26.3 Å². The first-order chi connectivity index (χ1) is 18.5. The van der Waals surface area contributed by atoms with Gasteiger partial charge in [-0.25, -0.2) is 0 Å². The molecule has 2 aromatic carbocycles. The first-order valence-corrected chi connectivity index (χ1v) is 13.1. The zero-order valence-corrected chi connectivity index (χ0v) is 22.3. The van der Waals surface area contributed by atoms with Crippen LogP contribution < -0.4 is 14.2 Å². The maximum atomic E-state index is 13.4. The zero-order valence-electron chi connectivity index (χ0n) is 22.3. The molecule has 4 rings (SSSR count). The van der Waals surface area contributed by atoms with E-state index in [0.717, 1.165) is 19.5 Å². The van der Waals surface area contributed by atoms with Crippen molar-refractivity contribution in [1.29, 1.82) is 0 Å². The highest BCUT2D eigenvalue weighted by Crippen LogP contribution is 2.42. The molecule has 1 atom stereocenters. The van der Waals surface area contributed by atoms with Crippen LogP contribution in [-0.4, -0.2) is 86.3 Å². The van der Waals surface area contributed by atoms with Crippen LogP contribution in [0.5, 0.6) is 17.2 Å². The molecule has 1 amide bonds. The van der Waals surface area contributed by atoms with Crippen molar-refractivity contribution < 1.29 is 33.6 Å². The third kappa shape index (κ3) is 5.95. The lowest BCUT2D eigenvalue weighted by atomic mass is 9.95. The quantitative estimate of drug-likeness (QED) is 0.270. The van der Waals surface area contributed by atoms with Gasteiger partial charge in [-0.05, 0) is 55.3 Å². The SMILES string of the molecule is CCCOc1ccc([C@H]2/C(=C(\O)c3ccc(OCC)cc3)C(=O)C(=O)N2CCN2CCOCC2)cc1OC. The number of carbonyl (C=O) groups excluding carboxylic acids is 2. The smallest absolute Gasteiger partial charge is 0.295 e. The van der Waals surface area contributed by atoms with Gasteiger partial charge < -0.3 is 29.0 Å². The number of Topliss-reactive ketones (excluding diaryl/α,β-unsaturated/α-hetero) is 1. The summed E-state index contributed by atoms with van der Waals surface area (Å²) in [6.45, 7) is 8.66. The maximum absolute atomic E-state index is 13.4. The zero-order chi connectivity index (χ0) is 27.1. The van der Waals surface area contributed by atoms with Crippen LogP contribution in [0.1, 0.15) is 37.4 Å². The average Bonchev–Trinajstić information content (AvgIpc) is 3.20. The molecule has 2 aliphatic rings. The van der Waals surface area contributed by atoms with E-state index in [1.165, 1.54) is 0 Å². The fraction of sp³-hybridized carbons (Fsp3) is 0.448. The molecule has 2 saturated heterocycles. The Morgan fingerprint density at radius 1 is 1.00 bits per heavy atom. The third-order valence-corrected chi connectivity index (χ3v) is 6.70. The Kier molecular flexibility index (Phi) is 9.25. The van der Waals surface area contributed by atoms with Crippen molar-refractivity contribution in [3.05, 3.63) is 59.2 Å². The fourth-order valence-corrected chi connectivity index (χ4v) is 4.75. The van der Waals surface area contributed by atoms with Gasteiger partial charge in [0, 0.05) is 31.7 Å². The maximum Gasteiger partial charge on any atom is 0.295 e. The number of ketones is 1. The first-order valence-electron chi connectivity index (χ1n) is 13.1. The molecule has 0 aromatic heterocycles. The number of hydrogen-bond acceptors (Lipinski definition) is 8. The summed E-state index contributed by atoms with van der Waals surface area (Å²) in [6.07, 6.45) is 0.842. The molecule has 2 heterocycles. The van der Waals surface area contributed by atoms with Gasteiger partial charge in [-0.3, -0.25) is 14.5 Å². The van der Waals surface area contributed by atoms with Crippen molar-refractivity contribution in [3.8, 4) is 17.2 Å². The molecule has 0 bridgehead atoms. The third-order valence-electron chi connectivity index (χ3n) is 6.70. The monoisotopic (exact) mass is 524 g/mol. The molecule has 9 nitrogen and oxygen atoms in total. The lowest BCUT2D eigenvalue weighted by Crippen LogP contribution is -2.42. The van der Waals surface area contributed by atoms with Gasteiger partial charge in [-0.1, -0.05) is 13.0 Å². The number of benzene rings is 2. The Bertz CT molecular complexity index is 1160. The lowest BCUT2D eigenvalue weighted by molar-refractivity contribution is -0.140. The van der Waals surface area contributed by atoms with E-state index in [-0.39, 0.29) is 11.3 Å². The minimum absolute atomic E-state index is 0.0467. The molecule has 9 heteroatoms. The number of rotatable bonds is 11. The molecule has 2 aliphatic heterocycles. The van der Waals surface area contributed by atoms with E-state index in [9.17, 15) is 14.7 Å². The van der Waals surface area contributed by atoms with Gasteiger partial charge in [0.1, 0.15) is 11.5 Å². The van der Waals surface area contributed by atoms with Gasteiger partial charge in [-0.15, -0.1) is 0 Å². The first kappa shape index (κ1) is 27.5. The molecule has 0 saturated carbocycles. The molecule has 0 aliphatic carbocycles. The summed E-state index contributed by atoms with van der Waals surface area (Å²) in [6, 6.07) is 11.4. The van der Waals surface area contributed by atoms with Crippen LogP contribution in [0.4, 0.5) is 0 Å². The van der Waals surface area contributed by atoms with Crippen LogP contribution in [0.2, 0.25) is 0 Å². The van der Waals surface area contributed by atoms with Gasteiger partial charge in [0.15, 0.2) is 11.5 Å². The van der Waals surface area contributed by atoms with Crippen molar-refractivity contribution >= 4 is 17.4 Å². The van der Waals surface area contributed by atoms with E-state index in [1.54, 1.807) is 48.4 Å². The van der Waals surface area contributed by atoms with Crippen molar-refractivity contribution in [1.82, 2.24) is 9.80 Å². The second-order valence-electron chi connectivity index (χ2n) is 9.16. The molecular weight excluding hydrogens is 488 g/mol. The van der Waals surface area contributed by atoms with Gasteiger partial charge in [0.25, 0.3) is 11.7 Å². The minimum Gasteiger partial charge on any atom is -0.507 e. The van der Waals surface area contributed by atoms with E-state index < -0.39 is 17.7 Å². The summed E-state index contributed by atoms with van der Waals surface area (Å²) in [4.78, 5) is 30.4. The number of carbonyl (C=O) groups is 2. The van der Waals surface area contributed by atoms with E-state index in [2.05, 4.69) is 4.90 Å². The average molecular weight is 525 g/mol. The minimum atomic E-state index is -0.781. The summed E-state index contributed by atoms with van der Waals surface area (Å²) >= 11 is 0. The van der Waals surface area contributed by atoms with E-state index in [1.807, 2.05) is 19.9 Å². The van der Waals surface area contributed by atoms with Crippen molar-refractivity contribution in [3.63, 3.8) is 0 Å². The normalized spacial score (nSPS) is 19.6. The molecular formula is C29H36N2O7. The van der Waals surface area contributed by atoms with Gasteiger partial charge in [-0.2, -0.15) is 0 Å². The number of morpholine rings is 1. The predicted octanol–water partition coefficient (Wildman–Crippen LogP) is 3.64.